The van der Waals surface area contributed by atoms with Gasteiger partial charge in [0, 0.05) is 22.8 Å². The molecule has 0 radical (unpaired) electrons. The fourth-order valence-corrected chi connectivity index (χ4v) is 3.90. The van der Waals surface area contributed by atoms with Crippen LogP contribution in [0.25, 0.3) is 0 Å². The van der Waals surface area contributed by atoms with Gasteiger partial charge in [-0.1, -0.05) is 34.1 Å². The summed E-state index contributed by atoms with van der Waals surface area (Å²) in [7, 11) is 0. The van der Waals surface area contributed by atoms with Gasteiger partial charge in [-0.2, -0.15) is 11.8 Å². The van der Waals surface area contributed by atoms with E-state index in [-0.39, 0.29) is 0 Å². The molecule has 106 valence electrons. The number of thioether (sulfide) groups is 1. The van der Waals surface area contributed by atoms with Gasteiger partial charge < -0.3 is 10.4 Å². The lowest BCUT2D eigenvalue weighted by Gasteiger charge is -2.38. The Hall–Kier alpha value is -0.0300. The summed E-state index contributed by atoms with van der Waals surface area (Å²) in [6, 6.07) is 9.02. The summed E-state index contributed by atoms with van der Waals surface area (Å²) in [6.45, 7) is 2.58. The minimum Gasteiger partial charge on any atom is -0.388 e. The van der Waals surface area contributed by atoms with Gasteiger partial charge in [0.15, 0.2) is 0 Å². The summed E-state index contributed by atoms with van der Waals surface area (Å²) in [6.07, 6.45) is 4.36. The predicted molar refractivity (Wildman–Crippen MR) is 86.9 cm³/mol. The van der Waals surface area contributed by atoms with Crippen molar-refractivity contribution < 1.29 is 5.11 Å². The zero-order valence-corrected chi connectivity index (χ0v) is 13.9. The highest BCUT2D eigenvalue weighted by atomic mass is 79.9. The molecule has 1 aromatic rings. The van der Waals surface area contributed by atoms with Gasteiger partial charge in [-0.15, -0.1) is 0 Å². The van der Waals surface area contributed by atoms with E-state index in [0.29, 0.717) is 18.5 Å². The number of benzene rings is 1. The van der Waals surface area contributed by atoms with Gasteiger partial charge in [0.2, 0.25) is 0 Å². The highest BCUT2D eigenvalue weighted by Gasteiger charge is 2.32. The molecule has 1 aromatic carbocycles. The Kier molecular flexibility index (Phi) is 5.35. The Morgan fingerprint density at radius 2 is 2.11 bits per heavy atom. The van der Waals surface area contributed by atoms with Crippen LogP contribution < -0.4 is 5.32 Å². The molecule has 1 aliphatic rings. The highest BCUT2D eigenvalue weighted by molar-refractivity contribution is 9.10. The van der Waals surface area contributed by atoms with Crippen molar-refractivity contribution in [2.45, 2.75) is 37.3 Å². The molecule has 0 spiro atoms. The first kappa shape index (κ1) is 15.4. The van der Waals surface area contributed by atoms with Crippen molar-refractivity contribution >= 4 is 27.7 Å². The van der Waals surface area contributed by atoms with Crippen LogP contribution in [0, 0.1) is 0 Å². The molecule has 2 nitrogen and oxygen atoms in total. The largest absolute Gasteiger partial charge is 0.388 e. The molecule has 0 heterocycles. The average Bonchev–Trinajstić information content (AvgIpc) is 2.29. The molecule has 0 bridgehead atoms. The highest BCUT2D eigenvalue weighted by Crippen LogP contribution is 2.40. The van der Waals surface area contributed by atoms with Gasteiger partial charge in [0.1, 0.15) is 0 Å². The van der Waals surface area contributed by atoms with E-state index in [1.165, 1.54) is 10.0 Å². The monoisotopic (exact) mass is 343 g/mol. The van der Waals surface area contributed by atoms with E-state index in [1.54, 1.807) is 11.8 Å². The lowest BCUT2D eigenvalue weighted by atomic mass is 9.76. The smallest absolute Gasteiger partial charge is 0.0833 e. The zero-order valence-electron chi connectivity index (χ0n) is 11.5. The van der Waals surface area contributed by atoms with Gasteiger partial charge in [-0.05, 0) is 43.6 Å². The number of rotatable bonds is 6. The van der Waals surface area contributed by atoms with Gasteiger partial charge in [-0.3, -0.25) is 0 Å². The number of halogens is 1. The van der Waals surface area contributed by atoms with E-state index in [0.717, 1.165) is 18.6 Å². The van der Waals surface area contributed by atoms with Gasteiger partial charge in [-0.25, -0.2) is 0 Å². The molecule has 19 heavy (non-hydrogen) atoms. The zero-order chi connectivity index (χ0) is 13.9. The Morgan fingerprint density at radius 1 is 1.42 bits per heavy atom. The maximum atomic E-state index is 10.1. The van der Waals surface area contributed by atoms with Crippen molar-refractivity contribution in [1.82, 2.24) is 5.32 Å². The Labute approximate surface area is 128 Å². The lowest BCUT2D eigenvalue weighted by molar-refractivity contribution is 0.0756. The van der Waals surface area contributed by atoms with Crippen LogP contribution in [0.2, 0.25) is 0 Å². The maximum absolute atomic E-state index is 10.1. The summed E-state index contributed by atoms with van der Waals surface area (Å²) in [4.78, 5) is 0. The van der Waals surface area contributed by atoms with E-state index in [2.05, 4.69) is 45.5 Å². The molecule has 2 rings (SSSR count). The van der Waals surface area contributed by atoms with E-state index >= 15 is 0 Å². The van der Waals surface area contributed by atoms with Crippen LogP contribution in [0.3, 0.4) is 0 Å². The van der Waals surface area contributed by atoms with Crippen molar-refractivity contribution in [3.05, 3.63) is 34.3 Å². The summed E-state index contributed by atoms with van der Waals surface area (Å²) in [5.41, 5.74) is 0.814. The molecule has 1 saturated carbocycles. The fourth-order valence-electron chi connectivity index (χ4n) is 2.57. The average molecular weight is 344 g/mol. The molecular formula is C15H22BrNOS. The topological polar surface area (TPSA) is 32.3 Å². The van der Waals surface area contributed by atoms with Crippen LogP contribution in [0.4, 0.5) is 0 Å². The molecule has 1 atom stereocenters. The molecule has 1 aliphatic carbocycles. The van der Waals surface area contributed by atoms with Crippen LogP contribution in [0.5, 0.6) is 0 Å². The van der Waals surface area contributed by atoms with Crippen molar-refractivity contribution in [3.8, 4) is 0 Å². The van der Waals surface area contributed by atoms with Crippen LogP contribution in [0.15, 0.2) is 28.7 Å². The van der Waals surface area contributed by atoms with Crippen molar-refractivity contribution in [2.75, 3.05) is 18.6 Å². The minimum absolute atomic E-state index is 0.547. The summed E-state index contributed by atoms with van der Waals surface area (Å²) >= 11 is 5.31. The first-order valence-electron chi connectivity index (χ1n) is 6.71. The van der Waals surface area contributed by atoms with E-state index in [9.17, 15) is 5.11 Å². The molecule has 0 amide bonds. The second kappa shape index (κ2) is 6.61. The lowest BCUT2D eigenvalue weighted by Crippen LogP contribution is -2.48. The number of hydrogen-bond acceptors (Lipinski definition) is 3. The van der Waals surface area contributed by atoms with Crippen molar-refractivity contribution in [2.24, 2.45) is 0 Å². The second-order valence-corrected chi connectivity index (χ2v) is 7.42. The van der Waals surface area contributed by atoms with Gasteiger partial charge in [0.25, 0.3) is 0 Å². The maximum Gasteiger partial charge on any atom is 0.0833 e. The summed E-state index contributed by atoms with van der Waals surface area (Å²) in [5, 5.41) is 13.6. The number of nitrogens with one attached hydrogen (secondary N) is 1. The third-order valence-electron chi connectivity index (χ3n) is 3.71. The predicted octanol–water partition coefficient (Wildman–Crippen LogP) is 3.40. The van der Waals surface area contributed by atoms with E-state index in [4.69, 9.17) is 0 Å². The fraction of sp³-hybridized carbons (Fsp3) is 0.600. The molecule has 1 fully saturated rings. The Bertz CT molecular complexity index is 418. The second-order valence-electron chi connectivity index (χ2n) is 5.70. The van der Waals surface area contributed by atoms with Crippen LogP contribution in [-0.4, -0.2) is 35.3 Å². The van der Waals surface area contributed by atoms with Gasteiger partial charge in [0.05, 0.1) is 5.60 Å². The van der Waals surface area contributed by atoms with Gasteiger partial charge >= 0.3 is 0 Å². The minimum atomic E-state index is -0.599. The summed E-state index contributed by atoms with van der Waals surface area (Å²) in [5.74, 6) is 1.43. The Morgan fingerprint density at radius 3 is 2.74 bits per heavy atom. The molecule has 0 saturated heterocycles. The summed E-state index contributed by atoms with van der Waals surface area (Å²) < 4.78 is 1.22. The molecule has 4 heteroatoms. The van der Waals surface area contributed by atoms with Crippen LogP contribution in [0.1, 0.15) is 31.2 Å². The normalized spacial score (nSPS) is 25.7. The molecule has 2 N–H and O–H groups in total. The molecule has 0 aliphatic heterocycles. The van der Waals surface area contributed by atoms with Crippen molar-refractivity contribution in [1.29, 1.82) is 0 Å². The quantitative estimate of drug-likeness (QED) is 0.830. The third-order valence-corrected chi connectivity index (χ3v) is 5.34. The Balaban J connectivity index is 1.77. The van der Waals surface area contributed by atoms with Crippen molar-refractivity contribution in [3.63, 3.8) is 0 Å². The SMILES string of the molecule is CSCC(C)(O)CNC1CC(c2ccccc2Br)C1. The molecular weight excluding hydrogens is 322 g/mol. The van der Waals surface area contributed by atoms with Crippen LogP contribution >= 0.6 is 27.7 Å². The standard InChI is InChI=1S/C15H22BrNOS/c1-15(18,10-19-2)9-17-12-7-11(8-12)13-5-3-4-6-14(13)16/h3-6,11-12,17-18H,7-10H2,1-2H3. The molecule has 1 unspecified atom stereocenters. The first-order chi connectivity index (χ1) is 9.02. The third kappa shape index (κ3) is 4.22. The van der Waals surface area contributed by atoms with E-state index < -0.39 is 5.60 Å². The van der Waals surface area contributed by atoms with E-state index in [1.807, 2.05) is 13.2 Å². The first-order valence-corrected chi connectivity index (χ1v) is 8.89. The molecule has 0 aromatic heterocycles. The number of aliphatic hydroxyl groups is 1. The van der Waals surface area contributed by atoms with Crippen LogP contribution in [-0.2, 0) is 0 Å². The number of hydrogen-bond donors (Lipinski definition) is 2.